The molecule has 1 aromatic carbocycles. The second kappa shape index (κ2) is 8.17. The Morgan fingerprint density at radius 3 is 2.23 bits per heavy atom. The minimum atomic E-state index is -1.18. The summed E-state index contributed by atoms with van der Waals surface area (Å²) in [6.45, 7) is 3.80. The third-order valence-electron chi connectivity index (χ3n) is 3.40. The highest BCUT2D eigenvalue weighted by Gasteiger charge is 2.28. The van der Waals surface area contributed by atoms with Crippen LogP contribution in [0.5, 0.6) is 0 Å². The molecule has 1 aromatic rings. The Balaban J connectivity index is 2.85. The van der Waals surface area contributed by atoms with Gasteiger partial charge in [-0.3, -0.25) is 9.59 Å². The average molecular weight is 306 g/mol. The third kappa shape index (κ3) is 5.20. The van der Waals surface area contributed by atoms with Crippen molar-refractivity contribution in [2.24, 2.45) is 11.7 Å². The standard InChI is InChI=1S/C16H22N2O4/c1-10(2)14(11-6-4-3-5-7-11)15(20)18-12(16(21)22)8-9-13(17)19/h3-7,10,12,14H,8-9H2,1-2H3,(H2,17,19)(H,18,20)(H,21,22)/t12-,14?/m0/s1. The normalized spacial score (nSPS) is 13.4. The number of amides is 2. The van der Waals surface area contributed by atoms with E-state index < -0.39 is 23.8 Å². The van der Waals surface area contributed by atoms with Crippen LogP contribution in [-0.2, 0) is 14.4 Å². The summed E-state index contributed by atoms with van der Waals surface area (Å²) in [6.07, 6.45) is -0.106. The molecule has 0 aromatic heterocycles. The van der Waals surface area contributed by atoms with Crippen LogP contribution in [0.4, 0.5) is 0 Å². The van der Waals surface area contributed by atoms with Crippen molar-refractivity contribution in [2.45, 2.75) is 38.6 Å². The molecule has 0 fully saturated rings. The van der Waals surface area contributed by atoms with Crippen molar-refractivity contribution in [3.05, 3.63) is 35.9 Å². The van der Waals surface area contributed by atoms with E-state index in [1.165, 1.54) is 0 Å². The van der Waals surface area contributed by atoms with Gasteiger partial charge in [-0.25, -0.2) is 4.79 Å². The lowest BCUT2D eigenvalue weighted by Crippen LogP contribution is -2.44. The maximum Gasteiger partial charge on any atom is 0.326 e. The number of rotatable bonds is 8. The lowest BCUT2D eigenvalue weighted by atomic mass is 9.87. The van der Waals surface area contributed by atoms with Crippen molar-refractivity contribution in [1.29, 1.82) is 0 Å². The third-order valence-corrected chi connectivity index (χ3v) is 3.40. The molecule has 22 heavy (non-hydrogen) atoms. The zero-order valence-electron chi connectivity index (χ0n) is 12.8. The van der Waals surface area contributed by atoms with E-state index in [0.717, 1.165) is 5.56 Å². The van der Waals surface area contributed by atoms with Crippen LogP contribution in [0.25, 0.3) is 0 Å². The number of carbonyl (C=O) groups is 3. The van der Waals surface area contributed by atoms with Gasteiger partial charge in [0, 0.05) is 6.42 Å². The van der Waals surface area contributed by atoms with E-state index in [1.807, 2.05) is 44.2 Å². The first-order chi connectivity index (χ1) is 10.3. The van der Waals surface area contributed by atoms with Crippen LogP contribution in [0, 0.1) is 5.92 Å². The Morgan fingerprint density at radius 1 is 1.18 bits per heavy atom. The van der Waals surface area contributed by atoms with Crippen LogP contribution in [-0.4, -0.2) is 28.9 Å². The van der Waals surface area contributed by atoms with Gasteiger partial charge in [0.2, 0.25) is 11.8 Å². The molecule has 0 heterocycles. The van der Waals surface area contributed by atoms with Crippen molar-refractivity contribution in [3.8, 4) is 0 Å². The molecule has 0 saturated carbocycles. The topological polar surface area (TPSA) is 109 Å². The smallest absolute Gasteiger partial charge is 0.326 e. The summed E-state index contributed by atoms with van der Waals surface area (Å²) >= 11 is 0. The van der Waals surface area contributed by atoms with Crippen molar-refractivity contribution in [3.63, 3.8) is 0 Å². The number of hydrogen-bond donors (Lipinski definition) is 3. The summed E-state index contributed by atoms with van der Waals surface area (Å²) in [5.74, 6) is -2.57. The molecule has 0 aliphatic rings. The quantitative estimate of drug-likeness (QED) is 0.671. The molecule has 2 amide bonds. The number of carbonyl (C=O) groups excluding carboxylic acids is 2. The van der Waals surface area contributed by atoms with Gasteiger partial charge in [0.25, 0.3) is 0 Å². The fourth-order valence-electron chi connectivity index (χ4n) is 2.30. The molecule has 6 heteroatoms. The van der Waals surface area contributed by atoms with Crippen LogP contribution >= 0.6 is 0 Å². The molecule has 1 unspecified atom stereocenters. The van der Waals surface area contributed by atoms with Crippen molar-refractivity contribution in [1.82, 2.24) is 5.32 Å². The van der Waals surface area contributed by atoms with E-state index in [9.17, 15) is 14.4 Å². The molecule has 120 valence electrons. The van der Waals surface area contributed by atoms with Crippen LogP contribution in [0.1, 0.15) is 38.2 Å². The second-order valence-electron chi connectivity index (χ2n) is 5.54. The Hall–Kier alpha value is -2.37. The van der Waals surface area contributed by atoms with E-state index in [1.54, 1.807) is 0 Å². The summed E-state index contributed by atoms with van der Waals surface area (Å²) in [4.78, 5) is 34.5. The van der Waals surface area contributed by atoms with Crippen LogP contribution in [0.15, 0.2) is 30.3 Å². The summed E-state index contributed by atoms with van der Waals surface area (Å²) < 4.78 is 0. The van der Waals surface area contributed by atoms with Crippen LogP contribution in [0.3, 0.4) is 0 Å². The average Bonchev–Trinajstić information content (AvgIpc) is 2.43. The highest BCUT2D eigenvalue weighted by Crippen LogP contribution is 2.24. The molecule has 6 nitrogen and oxygen atoms in total. The van der Waals surface area contributed by atoms with E-state index in [2.05, 4.69) is 5.32 Å². The van der Waals surface area contributed by atoms with Crippen molar-refractivity contribution in [2.75, 3.05) is 0 Å². The fraction of sp³-hybridized carbons (Fsp3) is 0.438. The number of aliphatic carboxylic acids is 1. The second-order valence-corrected chi connectivity index (χ2v) is 5.54. The van der Waals surface area contributed by atoms with Gasteiger partial charge in [0.15, 0.2) is 0 Å². The maximum absolute atomic E-state index is 12.5. The predicted molar refractivity (Wildman–Crippen MR) is 82.0 cm³/mol. The van der Waals surface area contributed by atoms with Crippen LogP contribution < -0.4 is 11.1 Å². The number of carboxylic acid groups (broad SMARTS) is 1. The number of hydrogen-bond acceptors (Lipinski definition) is 3. The molecule has 0 aliphatic heterocycles. The number of primary amides is 1. The molecule has 0 spiro atoms. The lowest BCUT2D eigenvalue weighted by molar-refractivity contribution is -0.142. The van der Waals surface area contributed by atoms with Gasteiger partial charge >= 0.3 is 5.97 Å². The molecule has 0 saturated heterocycles. The van der Waals surface area contributed by atoms with Gasteiger partial charge in [0.1, 0.15) is 6.04 Å². The lowest BCUT2D eigenvalue weighted by Gasteiger charge is -2.23. The Morgan fingerprint density at radius 2 is 1.77 bits per heavy atom. The Kier molecular flexibility index (Phi) is 6.56. The summed E-state index contributed by atoms with van der Waals surface area (Å²) in [5, 5.41) is 11.7. The van der Waals surface area contributed by atoms with Gasteiger partial charge in [-0.1, -0.05) is 44.2 Å². The highest BCUT2D eigenvalue weighted by molar-refractivity contribution is 5.88. The monoisotopic (exact) mass is 306 g/mol. The van der Waals surface area contributed by atoms with E-state index >= 15 is 0 Å². The van der Waals surface area contributed by atoms with Gasteiger partial charge in [-0.2, -0.15) is 0 Å². The molecule has 2 atom stereocenters. The molecule has 4 N–H and O–H groups in total. The van der Waals surface area contributed by atoms with E-state index in [0.29, 0.717) is 0 Å². The first-order valence-electron chi connectivity index (χ1n) is 7.19. The minimum Gasteiger partial charge on any atom is -0.480 e. The molecule has 0 radical (unpaired) electrons. The van der Waals surface area contributed by atoms with Gasteiger partial charge < -0.3 is 16.2 Å². The number of nitrogens with two attached hydrogens (primary N) is 1. The SMILES string of the molecule is CC(C)C(C(=O)N[C@@H](CCC(N)=O)C(=O)O)c1ccccc1. The van der Waals surface area contributed by atoms with Gasteiger partial charge in [0.05, 0.1) is 5.92 Å². The summed E-state index contributed by atoms with van der Waals surface area (Å²) in [5.41, 5.74) is 5.85. The molecule has 1 rings (SSSR count). The largest absolute Gasteiger partial charge is 0.480 e. The van der Waals surface area contributed by atoms with Crippen LogP contribution in [0.2, 0.25) is 0 Å². The first-order valence-corrected chi connectivity index (χ1v) is 7.19. The summed E-state index contributed by atoms with van der Waals surface area (Å²) in [7, 11) is 0. The Labute approximate surface area is 129 Å². The number of carboxylic acids is 1. The maximum atomic E-state index is 12.5. The van der Waals surface area contributed by atoms with Crippen molar-refractivity contribution < 1.29 is 19.5 Å². The molecular formula is C16H22N2O4. The fourth-order valence-corrected chi connectivity index (χ4v) is 2.30. The molecule has 0 aliphatic carbocycles. The minimum absolute atomic E-state index is 0.00739. The van der Waals surface area contributed by atoms with E-state index in [4.69, 9.17) is 10.8 Å². The van der Waals surface area contributed by atoms with Gasteiger partial charge in [-0.05, 0) is 17.9 Å². The predicted octanol–water partition coefficient (Wildman–Crippen LogP) is 1.26. The highest BCUT2D eigenvalue weighted by atomic mass is 16.4. The molecular weight excluding hydrogens is 284 g/mol. The number of nitrogens with one attached hydrogen (secondary N) is 1. The Bertz CT molecular complexity index is 528. The first kappa shape index (κ1) is 17.7. The van der Waals surface area contributed by atoms with Gasteiger partial charge in [-0.15, -0.1) is 0 Å². The molecule has 0 bridgehead atoms. The number of benzene rings is 1. The zero-order valence-corrected chi connectivity index (χ0v) is 12.8. The van der Waals surface area contributed by atoms with E-state index in [-0.39, 0.29) is 24.7 Å². The zero-order chi connectivity index (χ0) is 16.7. The summed E-state index contributed by atoms with van der Waals surface area (Å²) in [6, 6.07) is 8.07. The van der Waals surface area contributed by atoms with Crippen molar-refractivity contribution >= 4 is 17.8 Å².